The SMILES string of the molecule is COc1ccc(OCCNC(=O)Cc2nc(CC(=O)[O-])cs2)cc1. The number of methoxy groups -OCH3 is 1. The third-order valence-corrected chi connectivity index (χ3v) is 3.89. The van der Waals surface area contributed by atoms with Gasteiger partial charge in [0, 0.05) is 17.8 Å². The molecule has 0 atom stereocenters. The molecule has 0 aliphatic carbocycles. The number of hydrogen-bond acceptors (Lipinski definition) is 7. The van der Waals surface area contributed by atoms with Gasteiger partial charge in [-0.3, -0.25) is 4.79 Å². The monoisotopic (exact) mass is 349 g/mol. The zero-order valence-corrected chi connectivity index (χ0v) is 13.9. The van der Waals surface area contributed by atoms with Gasteiger partial charge in [-0.1, -0.05) is 0 Å². The van der Waals surface area contributed by atoms with Crippen LogP contribution in [0.15, 0.2) is 29.6 Å². The molecule has 24 heavy (non-hydrogen) atoms. The van der Waals surface area contributed by atoms with Crippen molar-refractivity contribution in [2.24, 2.45) is 0 Å². The van der Waals surface area contributed by atoms with E-state index in [4.69, 9.17) is 9.47 Å². The summed E-state index contributed by atoms with van der Waals surface area (Å²) >= 11 is 1.25. The summed E-state index contributed by atoms with van der Waals surface area (Å²) < 4.78 is 10.6. The molecule has 1 aromatic heterocycles. The Hall–Kier alpha value is -2.61. The number of thiazole rings is 1. The fourth-order valence-corrected chi connectivity index (χ4v) is 2.68. The summed E-state index contributed by atoms with van der Waals surface area (Å²) in [5, 5.41) is 15.4. The summed E-state index contributed by atoms with van der Waals surface area (Å²) in [6.07, 6.45) is -0.131. The lowest BCUT2D eigenvalue weighted by Gasteiger charge is -2.08. The summed E-state index contributed by atoms with van der Waals surface area (Å²) in [6.45, 7) is 0.702. The van der Waals surface area contributed by atoms with Crippen molar-refractivity contribution in [3.8, 4) is 11.5 Å². The molecule has 0 spiro atoms. The number of carbonyl (C=O) groups is 2. The number of amides is 1. The number of carboxylic acid groups (broad SMARTS) is 1. The first kappa shape index (κ1) is 17.7. The van der Waals surface area contributed by atoms with Crippen LogP contribution in [0.1, 0.15) is 10.7 Å². The molecule has 0 aliphatic heterocycles. The molecule has 0 aliphatic rings. The lowest BCUT2D eigenvalue weighted by Crippen LogP contribution is -2.29. The standard InChI is InChI=1S/C16H18N2O5S/c1-22-12-2-4-13(5-3-12)23-7-6-17-14(19)9-15-18-11(10-24-15)8-16(20)21/h2-5,10H,6-9H2,1H3,(H,17,19)(H,20,21)/p-1. The number of ether oxygens (including phenoxy) is 2. The maximum atomic E-state index is 11.8. The lowest BCUT2D eigenvalue weighted by atomic mass is 10.3. The molecule has 1 amide bonds. The molecule has 0 radical (unpaired) electrons. The van der Waals surface area contributed by atoms with Crippen LogP contribution in [0.5, 0.6) is 11.5 Å². The fraction of sp³-hybridized carbons (Fsp3) is 0.312. The maximum Gasteiger partial charge on any atom is 0.226 e. The second-order valence-corrected chi connectivity index (χ2v) is 5.77. The van der Waals surface area contributed by atoms with E-state index >= 15 is 0 Å². The highest BCUT2D eigenvalue weighted by Gasteiger charge is 2.08. The summed E-state index contributed by atoms with van der Waals surface area (Å²) in [7, 11) is 1.59. The number of aliphatic carboxylic acids is 1. The van der Waals surface area contributed by atoms with Gasteiger partial charge >= 0.3 is 0 Å². The molecule has 1 aromatic carbocycles. The van der Waals surface area contributed by atoms with Gasteiger partial charge in [0.2, 0.25) is 5.91 Å². The van der Waals surface area contributed by atoms with Gasteiger partial charge in [-0.2, -0.15) is 0 Å². The number of aromatic nitrogens is 1. The summed E-state index contributed by atoms with van der Waals surface area (Å²) in [5.74, 6) is 0.0590. The van der Waals surface area contributed by atoms with Crippen LogP contribution in [0.2, 0.25) is 0 Å². The van der Waals surface area contributed by atoms with Gasteiger partial charge in [-0.15, -0.1) is 11.3 Å². The number of carbonyl (C=O) groups excluding carboxylic acids is 2. The third kappa shape index (κ3) is 5.88. The van der Waals surface area contributed by atoms with Crippen molar-refractivity contribution in [3.63, 3.8) is 0 Å². The number of hydrogen-bond donors (Lipinski definition) is 1. The predicted molar refractivity (Wildman–Crippen MR) is 86.0 cm³/mol. The Morgan fingerprint density at radius 1 is 1.21 bits per heavy atom. The van der Waals surface area contributed by atoms with E-state index < -0.39 is 5.97 Å². The maximum absolute atomic E-state index is 11.8. The number of benzene rings is 1. The van der Waals surface area contributed by atoms with Crippen LogP contribution in [0.3, 0.4) is 0 Å². The molecule has 0 unspecified atom stereocenters. The van der Waals surface area contributed by atoms with Crippen LogP contribution in [0, 0.1) is 0 Å². The minimum absolute atomic E-state index is 0.111. The first-order valence-corrected chi connectivity index (χ1v) is 8.11. The number of rotatable bonds is 9. The van der Waals surface area contributed by atoms with Gasteiger partial charge < -0.3 is 24.7 Å². The Bertz CT molecular complexity index is 684. The smallest absolute Gasteiger partial charge is 0.226 e. The highest BCUT2D eigenvalue weighted by molar-refractivity contribution is 7.09. The molecule has 128 valence electrons. The van der Waals surface area contributed by atoms with Crippen molar-refractivity contribution in [3.05, 3.63) is 40.3 Å². The zero-order valence-electron chi connectivity index (χ0n) is 13.1. The van der Waals surface area contributed by atoms with Crippen molar-refractivity contribution < 1.29 is 24.2 Å². The highest BCUT2D eigenvalue weighted by Crippen LogP contribution is 2.16. The van der Waals surface area contributed by atoms with Crippen LogP contribution in [-0.2, 0) is 22.4 Å². The molecular formula is C16H17N2O5S-. The van der Waals surface area contributed by atoms with Gasteiger partial charge in [-0.05, 0) is 24.3 Å². The predicted octanol–water partition coefficient (Wildman–Crippen LogP) is 0.182. The molecule has 1 heterocycles. The van der Waals surface area contributed by atoms with Gasteiger partial charge in [0.05, 0.1) is 25.8 Å². The van der Waals surface area contributed by atoms with Crippen LogP contribution < -0.4 is 19.9 Å². The minimum atomic E-state index is -1.19. The number of nitrogens with zero attached hydrogens (tertiary/aromatic N) is 1. The molecule has 0 fully saturated rings. The van der Waals surface area contributed by atoms with Crippen molar-refractivity contribution in [2.45, 2.75) is 12.8 Å². The Balaban J connectivity index is 1.67. The second-order valence-electron chi connectivity index (χ2n) is 4.83. The fourth-order valence-electron chi connectivity index (χ4n) is 1.89. The molecule has 2 rings (SSSR count). The van der Waals surface area contributed by atoms with E-state index in [0.717, 1.165) is 5.75 Å². The largest absolute Gasteiger partial charge is 0.550 e. The quantitative estimate of drug-likeness (QED) is 0.648. The number of carboxylic acids is 1. The molecule has 0 saturated heterocycles. The van der Waals surface area contributed by atoms with Gasteiger partial charge in [0.25, 0.3) is 0 Å². The van der Waals surface area contributed by atoms with Crippen molar-refractivity contribution in [2.75, 3.05) is 20.3 Å². The molecule has 0 saturated carbocycles. The molecular weight excluding hydrogens is 332 g/mol. The van der Waals surface area contributed by atoms with E-state index in [1.807, 2.05) is 0 Å². The summed E-state index contributed by atoms with van der Waals surface area (Å²) in [6, 6.07) is 7.16. The van der Waals surface area contributed by atoms with Crippen molar-refractivity contribution in [1.29, 1.82) is 0 Å². The van der Waals surface area contributed by atoms with Crippen molar-refractivity contribution in [1.82, 2.24) is 10.3 Å². The highest BCUT2D eigenvalue weighted by atomic mass is 32.1. The molecule has 8 heteroatoms. The van der Waals surface area contributed by atoms with Crippen molar-refractivity contribution >= 4 is 23.2 Å². The Labute approximate surface area is 143 Å². The normalized spacial score (nSPS) is 10.2. The second kappa shape index (κ2) is 8.88. The topological polar surface area (TPSA) is 101 Å². The third-order valence-electron chi connectivity index (χ3n) is 2.99. The van der Waals surface area contributed by atoms with Gasteiger partial charge in [-0.25, -0.2) is 4.98 Å². The van der Waals surface area contributed by atoms with Crippen LogP contribution in [0.4, 0.5) is 0 Å². The van der Waals surface area contributed by atoms with Gasteiger partial charge in [0.1, 0.15) is 23.1 Å². The molecule has 0 bridgehead atoms. The summed E-state index contributed by atoms with van der Waals surface area (Å²) in [5.41, 5.74) is 0.408. The first-order chi connectivity index (χ1) is 11.6. The molecule has 7 nitrogen and oxygen atoms in total. The minimum Gasteiger partial charge on any atom is -0.550 e. The zero-order chi connectivity index (χ0) is 17.4. The van der Waals surface area contributed by atoms with E-state index in [-0.39, 0.29) is 18.7 Å². The van der Waals surface area contributed by atoms with Crippen LogP contribution in [-0.4, -0.2) is 37.1 Å². The number of nitrogens with one attached hydrogen (secondary N) is 1. The Morgan fingerprint density at radius 2 is 1.92 bits per heavy atom. The lowest BCUT2D eigenvalue weighted by molar-refractivity contribution is -0.304. The first-order valence-electron chi connectivity index (χ1n) is 7.23. The van der Waals surface area contributed by atoms with E-state index in [9.17, 15) is 14.7 Å². The summed E-state index contributed by atoms with van der Waals surface area (Å²) in [4.78, 5) is 26.4. The van der Waals surface area contributed by atoms with Crippen LogP contribution >= 0.6 is 11.3 Å². The average Bonchev–Trinajstić information content (AvgIpc) is 2.98. The van der Waals surface area contributed by atoms with Gasteiger partial charge in [0.15, 0.2) is 0 Å². The Kier molecular flexibility index (Phi) is 6.56. The van der Waals surface area contributed by atoms with E-state index in [1.54, 1.807) is 36.8 Å². The Morgan fingerprint density at radius 3 is 2.58 bits per heavy atom. The van der Waals surface area contributed by atoms with Crippen LogP contribution in [0.25, 0.3) is 0 Å². The van der Waals surface area contributed by atoms with E-state index in [2.05, 4.69) is 10.3 Å². The average molecular weight is 349 g/mol. The van der Waals surface area contributed by atoms with E-state index in [1.165, 1.54) is 11.3 Å². The molecule has 2 aromatic rings. The van der Waals surface area contributed by atoms with E-state index in [0.29, 0.717) is 29.6 Å². The molecule has 1 N–H and O–H groups in total.